The molecule has 2 aliphatic rings. The third-order valence-corrected chi connectivity index (χ3v) is 4.73. The number of carbonyl (C=O) groups excluding carboxylic acids is 1. The predicted octanol–water partition coefficient (Wildman–Crippen LogP) is 3.06. The average molecular weight is 330 g/mol. The van der Waals surface area contributed by atoms with Crippen molar-refractivity contribution in [3.05, 3.63) is 33.8 Å². The molecule has 1 aliphatic carbocycles. The van der Waals surface area contributed by atoms with Crippen molar-refractivity contribution in [3.8, 4) is 0 Å². The molecule has 3 rings (SSSR count). The molecule has 0 bridgehead atoms. The molecule has 1 aliphatic heterocycles. The van der Waals surface area contributed by atoms with Crippen molar-refractivity contribution in [3.63, 3.8) is 0 Å². The van der Waals surface area contributed by atoms with Crippen molar-refractivity contribution in [1.82, 2.24) is 5.32 Å². The summed E-state index contributed by atoms with van der Waals surface area (Å²) in [7, 11) is 0. The van der Waals surface area contributed by atoms with E-state index >= 15 is 0 Å². The second-order valence-corrected chi connectivity index (χ2v) is 6.25. The number of hydrogen-bond donors (Lipinski definition) is 1. The molecule has 1 heterocycles. The van der Waals surface area contributed by atoms with Gasteiger partial charge in [-0.1, -0.05) is 23.2 Å². The van der Waals surface area contributed by atoms with Crippen LogP contribution < -0.4 is 5.32 Å². The highest BCUT2D eigenvalue weighted by Crippen LogP contribution is 2.27. The molecule has 1 amide bonds. The Balaban J connectivity index is 1.61. The summed E-state index contributed by atoms with van der Waals surface area (Å²) in [4.78, 5) is 12.3. The minimum atomic E-state index is -0.131. The Morgan fingerprint density at radius 1 is 1.10 bits per heavy atom. The molecule has 0 aromatic heterocycles. The number of rotatable bonds is 2. The highest BCUT2D eigenvalue weighted by atomic mass is 35.5. The highest BCUT2D eigenvalue weighted by Gasteiger charge is 2.34. The molecule has 6 heteroatoms. The third-order valence-electron chi connectivity index (χ3n) is 4.00. The topological polar surface area (TPSA) is 47.6 Å². The maximum absolute atomic E-state index is 12.3. The van der Waals surface area contributed by atoms with Crippen molar-refractivity contribution in [2.24, 2.45) is 0 Å². The Labute approximate surface area is 133 Å². The summed E-state index contributed by atoms with van der Waals surface area (Å²) in [6.45, 7) is 1.30. The maximum atomic E-state index is 12.3. The Bertz CT molecular complexity index is 538. The van der Waals surface area contributed by atoms with Crippen LogP contribution in [0.25, 0.3) is 0 Å². The van der Waals surface area contributed by atoms with Crippen LogP contribution >= 0.6 is 23.2 Å². The maximum Gasteiger partial charge on any atom is 0.251 e. The van der Waals surface area contributed by atoms with Gasteiger partial charge in [0.25, 0.3) is 5.91 Å². The van der Waals surface area contributed by atoms with Crippen molar-refractivity contribution >= 4 is 29.1 Å². The van der Waals surface area contributed by atoms with Crippen LogP contribution in [0.5, 0.6) is 0 Å². The van der Waals surface area contributed by atoms with E-state index in [9.17, 15) is 4.79 Å². The first kappa shape index (κ1) is 15.1. The quantitative estimate of drug-likeness (QED) is 0.907. The average Bonchev–Trinajstić information content (AvgIpc) is 2.50. The second-order valence-electron chi connectivity index (χ2n) is 5.43. The summed E-state index contributed by atoms with van der Waals surface area (Å²) in [5.41, 5.74) is 0.521. The number of hydrogen-bond acceptors (Lipinski definition) is 3. The molecule has 0 radical (unpaired) electrons. The monoisotopic (exact) mass is 329 g/mol. The minimum absolute atomic E-state index is 0.0894. The van der Waals surface area contributed by atoms with Gasteiger partial charge in [0.1, 0.15) is 0 Å². The minimum Gasteiger partial charge on any atom is -0.373 e. The number of nitrogens with one attached hydrogen (secondary N) is 1. The van der Waals surface area contributed by atoms with Crippen LogP contribution in [0.4, 0.5) is 0 Å². The number of amides is 1. The van der Waals surface area contributed by atoms with Crippen LogP contribution in [-0.4, -0.2) is 37.4 Å². The van der Waals surface area contributed by atoms with Gasteiger partial charge in [0.2, 0.25) is 0 Å². The second kappa shape index (κ2) is 6.53. The predicted molar refractivity (Wildman–Crippen MR) is 81.0 cm³/mol. The molecule has 1 saturated carbocycles. The first-order valence-electron chi connectivity index (χ1n) is 7.12. The summed E-state index contributed by atoms with van der Waals surface area (Å²) in [6, 6.07) is 5.00. The van der Waals surface area contributed by atoms with E-state index in [-0.39, 0.29) is 24.2 Å². The number of carbonyl (C=O) groups is 1. The standard InChI is InChI=1S/C15H17Cl2NO3/c16-11-3-1-9(7-12(11)17)15(19)18-10-2-4-13-14(8-10)21-6-5-20-13/h1,3,7,10,13-14H,2,4-6,8H2,(H,18,19). The summed E-state index contributed by atoms with van der Waals surface area (Å²) in [6.07, 6.45) is 2.87. The van der Waals surface area contributed by atoms with Gasteiger partial charge in [0.05, 0.1) is 35.5 Å². The molecule has 1 N–H and O–H groups in total. The molecule has 114 valence electrons. The molecular weight excluding hydrogens is 313 g/mol. The van der Waals surface area contributed by atoms with E-state index in [0.29, 0.717) is 28.8 Å². The van der Waals surface area contributed by atoms with E-state index in [1.165, 1.54) is 0 Å². The smallest absolute Gasteiger partial charge is 0.251 e. The Morgan fingerprint density at radius 3 is 2.62 bits per heavy atom. The zero-order valence-electron chi connectivity index (χ0n) is 11.5. The summed E-state index contributed by atoms with van der Waals surface area (Å²) in [5.74, 6) is -0.131. The summed E-state index contributed by atoms with van der Waals surface area (Å²) in [5, 5.41) is 3.87. The molecule has 0 spiro atoms. The number of halogens is 2. The van der Waals surface area contributed by atoms with E-state index in [2.05, 4.69) is 5.32 Å². The number of benzene rings is 1. The normalized spacial score (nSPS) is 28.8. The van der Waals surface area contributed by atoms with Gasteiger partial charge >= 0.3 is 0 Å². The molecule has 3 atom stereocenters. The van der Waals surface area contributed by atoms with E-state index < -0.39 is 0 Å². The third kappa shape index (κ3) is 3.51. The molecular formula is C15H17Cl2NO3. The fourth-order valence-electron chi connectivity index (χ4n) is 2.90. The molecule has 2 fully saturated rings. The summed E-state index contributed by atoms with van der Waals surface area (Å²) < 4.78 is 11.4. The van der Waals surface area contributed by atoms with Gasteiger partial charge in [-0.2, -0.15) is 0 Å². The molecule has 1 aromatic carbocycles. The van der Waals surface area contributed by atoms with Crippen molar-refractivity contribution in [1.29, 1.82) is 0 Å². The van der Waals surface area contributed by atoms with Gasteiger partial charge in [-0.05, 0) is 37.5 Å². The van der Waals surface area contributed by atoms with Crippen molar-refractivity contribution in [2.45, 2.75) is 37.5 Å². The molecule has 21 heavy (non-hydrogen) atoms. The lowest BCUT2D eigenvalue weighted by Crippen LogP contribution is -2.49. The van der Waals surface area contributed by atoms with E-state index in [0.717, 1.165) is 19.3 Å². The molecule has 1 aromatic rings. The highest BCUT2D eigenvalue weighted by molar-refractivity contribution is 6.42. The van der Waals surface area contributed by atoms with E-state index in [1.807, 2.05) is 0 Å². The van der Waals surface area contributed by atoms with Crippen LogP contribution in [0.2, 0.25) is 10.0 Å². The first-order chi connectivity index (χ1) is 10.1. The van der Waals surface area contributed by atoms with Gasteiger partial charge in [-0.3, -0.25) is 4.79 Å². The van der Waals surface area contributed by atoms with Crippen molar-refractivity contribution in [2.75, 3.05) is 13.2 Å². The molecule has 1 saturated heterocycles. The molecule has 4 nitrogen and oxygen atoms in total. The SMILES string of the molecule is O=C(NC1CCC2OCCOC2C1)c1ccc(Cl)c(Cl)c1. The van der Waals surface area contributed by atoms with Gasteiger partial charge in [0, 0.05) is 11.6 Å². The fraction of sp³-hybridized carbons (Fsp3) is 0.533. The Morgan fingerprint density at radius 2 is 1.86 bits per heavy atom. The largest absolute Gasteiger partial charge is 0.373 e. The number of ether oxygens (including phenoxy) is 2. The lowest BCUT2D eigenvalue weighted by molar-refractivity contribution is -0.157. The lowest BCUT2D eigenvalue weighted by atomic mass is 9.89. The van der Waals surface area contributed by atoms with Gasteiger partial charge in [-0.25, -0.2) is 0 Å². The van der Waals surface area contributed by atoms with E-state index in [4.69, 9.17) is 32.7 Å². The zero-order valence-corrected chi connectivity index (χ0v) is 13.0. The van der Waals surface area contributed by atoms with Gasteiger partial charge in [0.15, 0.2) is 0 Å². The zero-order chi connectivity index (χ0) is 14.8. The number of fused-ring (bicyclic) bond motifs is 1. The van der Waals surface area contributed by atoms with E-state index in [1.54, 1.807) is 18.2 Å². The van der Waals surface area contributed by atoms with Crippen LogP contribution in [0.15, 0.2) is 18.2 Å². The Kier molecular flexibility index (Phi) is 4.69. The fourth-order valence-corrected chi connectivity index (χ4v) is 3.20. The lowest BCUT2D eigenvalue weighted by Gasteiger charge is -2.39. The van der Waals surface area contributed by atoms with Crippen molar-refractivity contribution < 1.29 is 14.3 Å². The van der Waals surface area contributed by atoms with Crippen LogP contribution in [0.1, 0.15) is 29.6 Å². The van der Waals surface area contributed by atoms with Crippen LogP contribution in [0.3, 0.4) is 0 Å². The first-order valence-corrected chi connectivity index (χ1v) is 7.88. The summed E-state index contributed by atoms with van der Waals surface area (Å²) >= 11 is 11.8. The van der Waals surface area contributed by atoms with Gasteiger partial charge < -0.3 is 14.8 Å². The molecule has 3 unspecified atom stereocenters. The van der Waals surface area contributed by atoms with Crippen LogP contribution in [-0.2, 0) is 9.47 Å². The Hall–Kier alpha value is -0.810. The van der Waals surface area contributed by atoms with Gasteiger partial charge in [-0.15, -0.1) is 0 Å². The van der Waals surface area contributed by atoms with Crippen LogP contribution in [0, 0.1) is 0 Å².